The number of hydrogen-bond donors (Lipinski definition) is 2. The average Bonchev–Trinajstić information content (AvgIpc) is 2.42. The maximum Gasteiger partial charge on any atom is 0.252 e. The first-order valence-corrected chi connectivity index (χ1v) is 5.57. The Morgan fingerprint density at radius 1 is 1.11 bits per heavy atom. The molecular weight excluding hydrogens is 244 g/mol. The fourth-order valence-corrected chi connectivity index (χ4v) is 1.57. The van der Waals surface area contributed by atoms with Crippen LogP contribution in [-0.4, -0.2) is 12.3 Å². The van der Waals surface area contributed by atoms with Gasteiger partial charge in [0.15, 0.2) is 0 Å². The summed E-state index contributed by atoms with van der Waals surface area (Å²) >= 11 is 0. The van der Waals surface area contributed by atoms with E-state index in [1.165, 1.54) is 0 Å². The Hall–Kier alpha value is -2.82. The van der Waals surface area contributed by atoms with Gasteiger partial charge in [0.05, 0.1) is 5.56 Å². The van der Waals surface area contributed by atoms with Gasteiger partial charge in [0.1, 0.15) is 11.5 Å². The number of carbonyl (C=O) groups is 2. The highest BCUT2D eigenvalue weighted by Gasteiger charge is 2.08. The van der Waals surface area contributed by atoms with Gasteiger partial charge in [0.25, 0.3) is 5.91 Å². The zero-order chi connectivity index (χ0) is 13.7. The molecule has 0 saturated heterocycles. The van der Waals surface area contributed by atoms with Gasteiger partial charge < -0.3 is 15.8 Å². The van der Waals surface area contributed by atoms with E-state index in [2.05, 4.69) is 5.32 Å². The van der Waals surface area contributed by atoms with Crippen molar-refractivity contribution >= 4 is 18.0 Å². The summed E-state index contributed by atoms with van der Waals surface area (Å²) in [6.07, 6.45) is 0.595. The van der Waals surface area contributed by atoms with Crippen molar-refractivity contribution in [2.45, 2.75) is 0 Å². The zero-order valence-electron chi connectivity index (χ0n) is 10.00. The van der Waals surface area contributed by atoms with E-state index in [1.807, 2.05) is 0 Å². The second-order valence-corrected chi connectivity index (χ2v) is 3.75. The molecule has 0 aromatic heterocycles. The number of carbonyl (C=O) groups excluding carboxylic acids is 2. The van der Waals surface area contributed by atoms with Gasteiger partial charge >= 0.3 is 0 Å². The molecule has 3 N–H and O–H groups in total. The number of anilines is 1. The van der Waals surface area contributed by atoms with Crippen LogP contribution in [-0.2, 0) is 4.79 Å². The van der Waals surface area contributed by atoms with Crippen molar-refractivity contribution in [3.8, 4) is 11.5 Å². The highest BCUT2D eigenvalue weighted by atomic mass is 16.5. The monoisotopic (exact) mass is 256 g/mol. The quantitative estimate of drug-likeness (QED) is 0.804. The van der Waals surface area contributed by atoms with Crippen molar-refractivity contribution in [2.75, 3.05) is 5.32 Å². The van der Waals surface area contributed by atoms with Crippen LogP contribution >= 0.6 is 0 Å². The Morgan fingerprint density at radius 2 is 1.79 bits per heavy atom. The molecule has 0 heterocycles. The first-order valence-electron chi connectivity index (χ1n) is 5.57. The Morgan fingerprint density at radius 3 is 2.42 bits per heavy atom. The van der Waals surface area contributed by atoms with E-state index in [4.69, 9.17) is 10.5 Å². The third kappa shape index (κ3) is 3.10. The number of nitrogens with two attached hydrogens (primary N) is 1. The second kappa shape index (κ2) is 5.68. The molecule has 2 aromatic carbocycles. The smallest absolute Gasteiger partial charge is 0.252 e. The molecule has 0 spiro atoms. The Balaban J connectivity index is 2.21. The predicted octanol–water partition coefficient (Wildman–Crippen LogP) is 2.15. The minimum absolute atomic E-state index is 0.317. The Labute approximate surface area is 110 Å². The van der Waals surface area contributed by atoms with Gasteiger partial charge in [-0.15, -0.1) is 0 Å². The van der Waals surface area contributed by atoms with Crippen molar-refractivity contribution in [1.82, 2.24) is 0 Å². The van der Waals surface area contributed by atoms with E-state index in [0.29, 0.717) is 29.2 Å². The second-order valence-electron chi connectivity index (χ2n) is 3.75. The molecule has 0 atom stereocenters. The number of ether oxygens (including phenoxy) is 1. The normalized spacial score (nSPS) is 9.68. The lowest BCUT2D eigenvalue weighted by Gasteiger charge is -2.09. The maximum absolute atomic E-state index is 11.2. The average molecular weight is 256 g/mol. The van der Waals surface area contributed by atoms with Crippen molar-refractivity contribution in [1.29, 1.82) is 0 Å². The van der Waals surface area contributed by atoms with Crippen molar-refractivity contribution in [3.63, 3.8) is 0 Å². The lowest BCUT2D eigenvalue weighted by molar-refractivity contribution is -0.105. The summed E-state index contributed by atoms with van der Waals surface area (Å²) in [5.41, 5.74) is 6.24. The molecule has 0 aliphatic carbocycles. The highest BCUT2D eigenvalue weighted by Crippen LogP contribution is 2.25. The summed E-state index contributed by atoms with van der Waals surface area (Å²) in [4.78, 5) is 21.5. The van der Waals surface area contributed by atoms with Crippen molar-refractivity contribution in [3.05, 3.63) is 54.1 Å². The van der Waals surface area contributed by atoms with Gasteiger partial charge in [-0.2, -0.15) is 0 Å². The minimum atomic E-state index is -0.546. The van der Waals surface area contributed by atoms with E-state index < -0.39 is 5.91 Å². The van der Waals surface area contributed by atoms with Crippen molar-refractivity contribution in [2.24, 2.45) is 5.73 Å². The van der Waals surface area contributed by atoms with E-state index >= 15 is 0 Å². The van der Waals surface area contributed by atoms with E-state index in [-0.39, 0.29) is 0 Å². The zero-order valence-corrected chi connectivity index (χ0v) is 10.00. The SMILES string of the molecule is NC(=O)c1ccccc1Oc1ccc(NC=O)cc1. The lowest BCUT2D eigenvalue weighted by atomic mass is 10.2. The standard InChI is InChI=1S/C14H12N2O3/c15-14(18)12-3-1-2-4-13(12)19-11-7-5-10(6-8-11)16-9-17/h1-9H,(H2,15,18)(H,16,17). The fourth-order valence-electron chi connectivity index (χ4n) is 1.57. The van der Waals surface area contributed by atoms with E-state index in [0.717, 1.165) is 0 Å². The third-order valence-electron chi connectivity index (χ3n) is 2.46. The summed E-state index contributed by atoms with van der Waals surface area (Å²) in [7, 11) is 0. The molecule has 0 bridgehead atoms. The maximum atomic E-state index is 11.2. The number of primary amides is 1. The van der Waals surface area contributed by atoms with Crippen molar-refractivity contribution < 1.29 is 14.3 Å². The molecule has 0 aliphatic heterocycles. The number of hydrogen-bond acceptors (Lipinski definition) is 3. The van der Waals surface area contributed by atoms with Gasteiger partial charge in [-0.3, -0.25) is 9.59 Å². The Kier molecular flexibility index (Phi) is 3.78. The molecule has 5 heteroatoms. The molecule has 0 fully saturated rings. The van der Waals surface area contributed by atoms with Gasteiger partial charge in [-0.1, -0.05) is 12.1 Å². The number of nitrogens with one attached hydrogen (secondary N) is 1. The van der Waals surface area contributed by atoms with Crippen LogP contribution in [0.15, 0.2) is 48.5 Å². The largest absolute Gasteiger partial charge is 0.457 e. The molecule has 2 amide bonds. The number of rotatable bonds is 5. The van der Waals surface area contributed by atoms with E-state index in [9.17, 15) is 9.59 Å². The first kappa shape index (κ1) is 12.6. The summed E-state index contributed by atoms with van der Waals surface area (Å²) in [5.74, 6) is 0.395. The number of benzene rings is 2. The van der Waals surface area contributed by atoms with Crippen LogP contribution < -0.4 is 15.8 Å². The van der Waals surface area contributed by atoms with Gasteiger partial charge in [-0.05, 0) is 36.4 Å². The molecule has 5 nitrogen and oxygen atoms in total. The Bertz CT molecular complexity index is 594. The summed E-state index contributed by atoms with van der Waals surface area (Å²) < 4.78 is 5.59. The summed E-state index contributed by atoms with van der Waals surface area (Å²) in [5, 5.41) is 2.52. The molecule has 0 radical (unpaired) electrons. The predicted molar refractivity (Wildman–Crippen MR) is 71.2 cm³/mol. The molecule has 2 aromatic rings. The van der Waals surface area contributed by atoms with E-state index in [1.54, 1.807) is 48.5 Å². The number of amides is 2. The lowest BCUT2D eigenvalue weighted by Crippen LogP contribution is -2.11. The number of para-hydroxylation sites is 1. The van der Waals surface area contributed by atoms with Crippen LogP contribution in [0.5, 0.6) is 11.5 Å². The topological polar surface area (TPSA) is 81.4 Å². The van der Waals surface area contributed by atoms with Crippen LogP contribution in [0.3, 0.4) is 0 Å². The van der Waals surface area contributed by atoms with Gasteiger partial charge in [0, 0.05) is 5.69 Å². The summed E-state index contributed by atoms with van der Waals surface area (Å²) in [6.45, 7) is 0. The van der Waals surface area contributed by atoms with Gasteiger partial charge in [-0.25, -0.2) is 0 Å². The molecule has 0 saturated carbocycles. The molecule has 96 valence electrons. The van der Waals surface area contributed by atoms with Crippen LogP contribution in [0.4, 0.5) is 5.69 Å². The van der Waals surface area contributed by atoms with Crippen LogP contribution in [0.25, 0.3) is 0 Å². The first-order chi connectivity index (χ1) is 9.20. The molecule has 0 unspecified atom stereocenters. The third-order valence-corrected chi connectivity index (χ3v) is 2.46. The fraction of sp³-hybridized carbons (Fsp3) is 0. The summed E-state index contributed by atoms with van der Waals surface area (Å²) in [6, 6.07) is 13.5. The molecule has 19 heavy (non-hydrogen) atoms. The molecule has 0 aliphatic rings. The molecular formula is C14H12N2O3. The van der Waals surface area contributed by atoms with Crippen LogP contribution in [0.2, 0.25) is 0 Å². The molecule has 2 rings (SSSR count). The van der Waals surface area contributed by atoms with Crippen LogP contribution in [0.1, 0.15) is 10.4 Å². The highest BCUT2D eigenvalue weighted by molar-refractivity contribution is 5.95. The van der Waals surface area contributed by atoms with Crippen LogP contribution in [0, 0.1) is 0 Å². The minimum Gasteiger partial charge on any atom is -0.457 e. The van der Waals surface area contributed by atoms with Gasteiger partial charge in [0.2, 0.25) is 6.41 Å².